The van der Waals surface area contributed by atoms with Crippen LogP contribution in [0.1, 0.15) is 163 Å². The Labute approximate surface area is 382 Å². The minimum atomic E-state index is 0.324. The number of hydrogen-bond acceptors (Lipinski definition) is 5. The third kappa shape index (κ3) is 8.97. The molecule has 6 aromatic rings. The summed E-state index contributed by atoms with van der Waals surface area (Å²) in [5, 5.41) is 9.01. The smallest absolute Gasteiger partial charge is 0.123 e. The van der Waals surface area contributed by atoms with Crippen molar-refractivity contribution in [1.29, 1.82) is 0 Å². The van der Waals surface area contributed by atoms with Crippen molar-refractivity contribution < 1.29 is 4.79 Å². The zero-order chi connectivity index (χ0) is 42.5. The Morgan fingerprint density at radius 1 is 0.443 bits per heavy atom. The molecule has 0 aliphatic heterocycles. The summed E-state index contributed by atoms with van der Waals surface area (Å²) in [7, 11) is 0. The van der Waals surface area contributed by atoms with Gasteiger partial charge in [-0.15, -0.1) is 45.3 Å². The monoisotopic (exact) mass is 880 g/mol. The summed E-state index contributed by atoms with van der Waals surface area (Å²) < 4.78 is 0. The minimum Gasteiger partial charge on any atom is -0.303 e. The second kappa shape index (κ2) is 20.3. The van der Waals surface area contributed by atoms with Gasteiger partial charge in [0.15, 0.2) is 0 Å². The second-order valence-corrected chi connectivity index (χ2v) is 21.2. The number of hydrogen-bond donors (Lipinski definition) is 0. The molecule has 0 spiro atoms. The van der Waals surface area contributed by atoms with Crippen molar-refractivity contribution in [1.82, 2.24) is 0 Å². The van der Waals surface area contributed by atoms with E-state index in [-0.39, 0.29) is 0 Å². The van der Waals surface area contributed by atoms with Crippen molar-refractivity contribution in [3.05, 3.63) is 127 Å². The van der Waals surface area contributed by atoms with Gasteiger partial charge in [-0.1, -0.05) is 92.2 Å². The molecule has 0 saturated heterocycles. The lowest BCUT2D eigenvalue weighted by atomic mass is 9.90. The van der Waals surface area contributed by atoms with E-state index in [2.05, 4.69) is 124 Å². The van der Waals surface area contributed by atoms with Crippen LogP contribution in [0.3, 0.4) is 0 Å². The quantitative estimate of drug-likeness (QED) is 0.0938. The maximum absolute atomic E-state index is 10.2. The molecule has 0 radical (unpaired) electrons. The van der Waals surface area contributed by atoms with Crippen LogP contribution in [-0.2, 0) is 17.6 Å². The van der Waals surface area contributed by atoms with E-state index in [1.807, 2.05) is 45.3 Å². The van der Waals surface area contributed by atoms with Gasteiger partial charge in [-0.05, 0) is 189 Å². The van der Waals surface area contributed by atoms with Gasteiger partial charge in [0.05, 0.1) is 0 Å². The Morgan fingerprint density at radius 2 is 0.836 bits per heavy atom. The summed E-state index contributed by atoms with van der Waals surface area (Å²) in [6.07, 6.45) is 23.3. The van der Waals surface area contributed by atoms with Crippen LogP contribution >= 0.6 is 45.3 Å². The maximum Gasteiger partial charge on any atom is 0.123 e. The van der Waals surface area contributed by atoms with Crippen molar-refractivity contribution in [2.24, 2.45) is 17.8 Å². The molecule has 2 aromatic carbocycles. The molecule has 1 nitrogen and oxygen atoms in total. The largest absolute Gasteiger partial charge is 0.303 e. The van der Waals surface area contributed by atoms with Crippen molar-refractivity contribution in [2.75, 3.05) is 0 Å². The van der Waals surface area contributed by atoms with E-state index in [1.54, 1.807) is 0 Å². The number of carbonyl (C=O) groups excluding carboxylic acids is 1. The maximum atomic E-state index is 10.2. The number of rotatable bonds is 15. The van der Waals surface area contributed by atoms with Crippen LogP contribution < -0.4 is 0 Å². The molecule has 0 saturated carbocycles. The average Bonchev–Trinajstić information content (AvgIpc) is 4.14. The molecule has 3 unspecified atom stereocenters. The molecule has 61 heavy (non-hydrogen) atoms. The number of fused-ring (bicyclic) bond motifs is 12. The predicted molar refractivity (Wildman–Crippen MR) is 272 cm³/mol. The van der Waals surface area contributed by atoms with E-state index < -0.39 is 0 Å². The molecule has 0 fully saturated rings. The molecule has 4 aromatic heterocycles. The number of unbranched alkanes of at least 4 members (excludes halogenated alkanes) is 3. The normalized spacial score (nSPS) is 16.0. The second-order valence-electron chi connectivity index (χ2n) is 17.6. The van der Waals surface area contributed by atoms with Crippen molar-refractivity contribution in [3.8, 4) is 41.8 Å². The number of thiophene rings is 4. The highest BCUT2D eigenvalue weighted by molar-refractivity contribution is 7.15. The van der Waals surface area contributed by atoms with E-state index in [9.17, 15) is 4.79 Å². The molecular weight excluding hydrogens is 817 g/mol. The van der Waals surface area contributed by atoms with Gasteiger partial charge in [-0.2, -0.15) is 0 Å². The fourth-order valence-corrected chi connectivity index (χ4v) is 13.7. The Kier molecular flexibility index (Phi) is 14.6. The third-order valence-corrected chi connectivity index (χ3v) is 17.4. The molecule has 5 heteroatoms. The zero-order valence-electron chi connectivity index (χ0n) is 37.3. The summed E-state index contributed by atoms with van der Waals surface area (Å²) in [6, 6.07) is 19.2. The van der Waals surface area contributed by atoms with Crippen LogP contribution in [0.5, 0.6) is 0 Å². The number of carbonyl (C=O) groups is 1. The first-order valence-electron chi connectivity index (χ1n) is 23.5. The highest BCUT2D eigenvalue weighted by Gasteiger charge is 2.32. The summed E-state index contributed by atoms with van der Waals surface area (Å²) >= 11 is 7.61. The molecule has 4 heterocycles. The Morgan fingerprint density at radius 3 is 1.23 bits per heavy atom. The zero-order valence-corrected chi connectivity index (χ0v) is 40.6. The first-order chi connectivity index (χ1) is 29.9. The van der Waals surface area contributed by atoms with Crippen LogP contribution in [0.25, 0.3) is 52.9 Å². The van der Waals surface area contributed by atoms with Crippen LogP contribution in [-0.4, -0.2) is 6.29 Å². The summed E-state index contributed by atoms with van der Waals surface area (Å²) in [4.78, 5) is 16.2. The SMILES string of the molecule is CCCCC(C=C1c2cc3c(cc2-c2sccc21)C(=CC(CC)CCCC)c1ccsc1-3)CC.CCCCC(C=O)CC.c1cc2c(s1)-c1cc3c(cc1C2)-c1sccc1C3. The minimum absolute atomic E-state index is 0.324. The van der Waals surface area contributed by atoms with Crippen LogP contribution in [0.4, 0.5) is 0 Å². The van der Waals surface area contributed by atoms with E-state index >= 15 is 0 Å². The van der Waals surface area contributed by atoms with Gasteiger partial charge in [0.2, 0.25) is 0 Å². The molecule has 10 rings (SSSR count). The number of aldehydes is 1. The van der Waals surface area contributed by atoms with E-state index in [0.717, 1.165) is 32.0 Å². The summed E-state index contributed by atoms with van der Waals surface area (Å²) in [5.74, 6) is 1.65. The fraction of sp³-hybridized carbons (Fsp3) is 0.411. The predicted octanol–water partition coefficient (Wildman–Crippen LogP) is 18.4. The topological polar surface area (TPSA) is 17.1 Å². The lowest BCUT2D eigenvalue weighted by Crippen LogP contribution is -1.98. The van der Waals surface area contributed by atoms with Crippen LogP contribution in [0.15, 0.2) is 82.2 Å². The van der Waals surface area contributed by atoms with Gasteiger partial charge in [-0.25, -0.2) is 0 Å². The average molecular weight is 881 g/mol. The number of allylic oxidation sites excluding steroid dienone is 2. The van der Waals surface area contributed by atoms with Crippen LogP contribution in [0.2, 0.25) is 0 Å². The summed E-state index contributed by atoms with van der Waals surface area (Å²) in [5.41, 5.74) is 20.8. The van der Waals surface area contributed by atoms with E-state index in [4.69, 9.17) is 0 Å². The molecular formula is C56H64OS4. The molecule has 4 aliphatic rings. The van der Waals surface area contributed by atoms with Crippen molar-refractivity contribution in [2.45, 2.75) is 131 Å². The molecule has 3 atom stereocenters. The van der Waals surface area contributed by atoms with Crippen molar-refractivity contribution in [3.63, 3.8) is 0 Å². The first kappa shape index (κ1) is 44.0. The lowest BCUT2D eigenvalue weighted by molar-refractivity contribution is -0.111. The van der Waals surface area contributed by atoms with Gasteiger partial charge >= 0.3 is 0 Å². The Balaban J connectivity index is 0.000000157. The van der Waals surface area contributed by atoms with Crippen LogP contribution in [0, 0.1) is 17.8 Å². The van der Waals surface area contributed by atoms with Gasteiger partial charge in [-0.3, -0.25) is 0 Å². The van der Waals surface area contributed by atoms with Gasteiger partial charge in [0.1, 0.15) is 6.29 Å². The Hall–Kier alpha value is -3.61. The Bertz CT molecular complexity index is 2350. The lowest BCUT2D eigenvalue weighted by Gasteiger charge is -2.14. The number of benzene rings is 2. The van der Waals surface area contributed by atoms with Crippen molar-refractivity contribution >= 4 is 62.8 Å². The highest BCUT2D eigenvalue weighted by Crippen LogP contribution is 2.55. The molecule has 318 valence electrons. The van der Waals surface area contributed by atoms with E-state index in [0.29, 0.717) is 17.8 Å². The highest BCUT2D eigenvalue weighted by atomic mass is 32.1. The van der Waals surface area contributed by atoms with E-state index in [1.165, 1.54) is 162 Å². The van der Waals surface area contributed by atoms with Gasteiger partial charge in [0.25, 0.3) is 0 Å². The standard InChI is InChI=1S/C32H38S2.C16H10S2.C8H16O/c1-5-9-11-21(7-3)17-25-23-13-15-33-31(23)29-20-28-26(18-22(8-4)12-10-6-2)24-14-16-34-32(24)30(28)19-27(25)29;1-3-17-15-9(1)5-11-7-14-12(8-13(11)15)6-10-2-4-18-16(10)14;1-3-5-6-8(4-2)7-9/h13-22H,5-12H2,1-4H3;1-4,7-8H,5-6H2;7-8H,3-6H2,1-2H3. The first-order valence-corrected chi connectivity index (χ1v) is 27.0. The molecule has 0 N–H and O–H groups in total. The molecule has 0 bridgehead atoms. The van der Waals surface area contributed by atoms with Gasteiger partial charge < -0.3 is 4.79 Å². The molecule has 4 aliphatic carbocycles. The third-order valence-electron chi connectivity index (χ3n) is 13.6. The summed E-state index contributed by atoms with van der Waals surface area (Å²) in [6.45, 7) is 13.5. The van der Waals surface area contributed by atoms with Gasteiger partial charge in [0, 0.05) is 47.7 Å². The molecule has 0 amide bonds. The fourth-order valence-electron chi connectivity index (χ4n) is 9.82.